The van der Waals surface area contributed by atoms with Crippen molar-refractivity contribution in [2.75, 3.05) is 12.5 Å². The first kappa shape index (κ1) is 13.0. The van der Waals surface area contributed by atoms with E-state index in [4.69, 9.17) is 11.6 Å². The highest BCUT2D eigenvalue weighted by Crippen LogP contribution is 2.34. The fourth-order valence-corrected chi connectivity index (χ4v) is 1.74. The van der Waals surface area contributed by atoms with Crippen LogP contribution in [-0.2, 0) is 0 Å². The lowest BCUT2D eigenvalue weighted by atomic mass is 9.83. The zero-order chi connectivity index (χ0) is 11.5. The molecule has 0 fully saturated rings. The average Bonchev–Trinajstić information content (AvgIpc) is 2.28. The van der Waals surface area contributed by atoms with Gasteiger partial charge in [-0.25, -0.2) is 0 Å². The van der Waals surface area contributed by atoms with Crippen molar-refractivity contribution in [2.24, 2.45) is 5.41 Å². The molecule has 0 unspecified atom stereocenters. The van der Waals surface area contributed by atoms with E-state index in [0.717, 1.165) is 10.0 Å². The highest BCUT2D eigenvalue weighted by Gasteiger charge is 2.32. The van der Waals surface area contributed by atoms with E-state index in [9.17, 15) is 10.2 Å². The van der Waals surface area contributed by atoms with E-state index in [2.05, 4.69) is 15.9 Å². The van der Waals surface area contributed by atoms with Crippen LogP contribution >= 0.6 is 27.5 Å². The summed E-state index contributed by atoms with van der Waals surface area (Å²) in [7, 11) is 0. The van der Waals surface area contributed by atoms with Gasteiger partial charge in [-0.05, 0) is 17.7 Å². The van der Waals surface area contributed by atoms with E-state index in [-0.39, 0.29) is 12.5 Å². The monoisotopic (exact) mass is 292 g/mol. The second kappa shape index (κ2) is 5.30. The van der Waals surface area contributed by atoms with Gasteiger partial charge in [0.15, 0.2) is 0 Å². The Balaban J connectivity index is 2.92. The predicted octanol–water partition coefficient (Wildman–Crippen LogP) is 2.72. The molecule has 0 heterocycles. The molecule has 1 aromatic carbocycles. The maximum absolute atomic E-state index is 10.1. The van der Waals surface area contributed by atoms with Crippen molar-refractivity contribution < 1.29 is 10.2 Å². The Kier molecular flexibility index (Phi) is 4.59. The number of aliphatic hydroxyl groups excluding tert-OH is 2. The third kappa shape index (κ3) is 2.94. The summed E-state index contributed by atoms with van der Waals surface area (Å²) in [5, 5.41) is 19.3. The predicted molar refractivity (Wildman–Crippen MR) is 65.0 cm³/mol. The second-order valence-electron chi connectivity index (χ2n) is 3.90. The Labute approximate surface area is 103 Å². The number of alkyl halides is 1. The zero-order valence-electron chi connectivity index (χ0n) is 8.45. The Bertz CT molecular complexity index is 309. The molecule has 0 aliphatic heterocycles. The molecule has 0 aromatic heterocycles. The van der Waals surface area contributed by atoms with E-state index in [1.54, 1.807) is 6.92 Å². The van der Waals surface area contributed by atoms with Crippen molar-refractivity contribution in [3.63, 3.8) is 0 Å². The van der Waals surface area contributed by atoms with Gasteiger partial charge in [-0.15, -0.1) is 11.6 Å². The first-order chi connectivity index (χ1) is 7.03. The molecule has 0 spiro atoms. The smallest absolute Gasteiger partial charge is 0.0877 e. The van der Waals surface area contributed by atoms with Gasteiger partial charge in [-0.2, -0.15) is 0 Å². The minimum Gasteiger partial charge on any atom is -0.396 e. The summed E-state index contributed by atoms with van der Waals surface area (Å²) in [5.74, 6) is 0.209. The molecule has 2 N–H and O–H groups in total. The lowest BCUT2D eigenvalue weighted by molar-refractivity contribution is 0.00892. The van der Waals surface area contributed by atoms with Crippen molar-refractivity contribution in [1.82, 2.24) is 0 Å². The Morgan fingerprint density at radius 2 is 1.93 bits per heavy atom. The van der Waals surface area contributed by atoms with Crippen molar-refractivity contribution in [3.05, 3.63) is 34.3 Å². The van der Waals surface area contributed by atoms with E-state index < -0.39 is 11.5 Å². The molecular formula is C11H14BrClO2. The number of rotatable bonds is 4. The summed E-state index contributed by atoms with van der Waals surface area (Å²) in [6.45, 7) is 1.61. The summed E-state index contributed by atoms with van der Waals surface area (Å²) in [6, 6.07) is 7.33. The topological polar surface area (TPSA) is 40.5 Å². The standard InChI is InChI=1S/C11H14BrClO2/c1-11(6-13,7-14)10(15)8-2-4-9(12)5-3-8/h2-5,10,14-15H,6-7H2,1H3/t10-,11+/m0/s1. The maximum Gasteiger partial charge on any atom is 0.0877 e. The van der Waals surface area contributed by atoms with Gasteiger partial charge in [0.1, 0.15) is 0 Å². The zero-order valence-corrected chi connectivity index (χ0v) is 10.8. The Hall–Kier alpha value is -0.0900. The van der Waals surface area contributed by atoms with Crippen LogP contribution in [0.1, 0.15) is 18.6 Å². The van der Waals surface area contributed by atoms with Crippen LogP contribution in [0.5, 0.6) is 0 Å². The van der Waals surface area contributed by atoms with Gasteiger partial charge in [0, 0.05) is 15.8 Å². The third-order valence-corrected chi connectivity index (χ3v) is 3.65. The van der Waals surface area contributed by atoms with Crippen LogP contribution in [0.2, 0.25) is 0 Å². The molecule has 2 atom stereocenters. The maximum atomic E-state index is 10.1. The minimum atomic E-state index is -0.756. The molecule has 4 heteroatoms. The molecule has 0 radical (unpaired) electrons. The quantitative estimate of drug-likeness (QED) is 0.838. The molecule has 0 aliphatic carbocycles. The van der Waals surface area contributed by atoms with Crippen molar-refractivity contribution in [3.8, 4) is 0 Å². The first-order valence-electron chi connectivity index (χ1n) is 4.64. The summed E-state index contributed by atoms with van der Waals surface area (Å²) >= 11 is 9.08. The molecule has 0 saturated carbocycles. The number of hydrogen-bond acceptors (Lipinski definition) is 2. The van der Waals surface area contributed by atoms with E-state index >= 15 is 0 Å². The second-order valence-corrected chi connectivity index (χ2v) is 5.08. The van der Waals surface area contributed by atoms with Gasteiger partial charge in [0.05, 0.1) is 12.7 Å². The van der Waals surface area contributed by atoms with Crippen molar-refractivity contribution in [1.29, 1.82) is 0 Å². The number of halogens is 2. The molecule has 2 nitrogen and oxygen atoms in total. The molecule has 15 heavy (non-hydrogen) atoms. The van der Waals surface area contributed by atoms with Gasteiger partial charge in [0.2, 0.25) is 0 Å². The van der Waals surface area contributed by atoms with Gasteiger partial charge in [-0.1, -0.05) is 35.0 Å². The fourth-order valence-electron chi connectivity index (χ4n) is 1.25. The Morgan fingerprint density at radius 3 is 2.33 bits per heavy atom. The summed E-state index contributed by atoms with van der Waals surface area (Å²) in [6.07, 6.45) is -0.756. The van der Waals surface area contributed by atoms with Gasteiger partial charge >= 0.3 is 0 Å². The van der Waals surface area contributed by atoms with Crippen LogP contribution < -0.4 is 0 Å². The molecule has 1 rings (SSSR count). The largest absolute Gasteiger partial charge is 0.396 e. The summed E-state index contributed by atoms with van der Waals surface area (Å²) < 4.78 is 0.954. The fraction of sp³-hybridized carbons (Fsp3) is 0.455. The van der Waals surface area contributed by atoms with Crippen LogP contribution in [0.15, 0.2) is 28.7 Å². The molecule has 1 aromatic rings. The van der Waals surface area contributed by atoms with E-state index in [1.165, 1.54) is 0 Å². The normalized spacial score (nSPS) is 17.1. The van der Waals surface area contributed by atoms with Crippen molar-refractivity contribution in [2.45, 2.75) is 13.0 Å². The third-order valence-electron chi connectivity index (χ3n) is 2.51. The lowest BCUT2D eigenvalue weighted by Crippen LogP contribution is -2.31. The summed E-state index contributed by atoms with van der Waals surface area (Å²) in [5.41, 5.74) is 0.0606. The molecule has 0 bridgehead atoms. The van der Waals surface area contributed by atoms with Gasteiger partial charge < -0.3 is 10.2 Å². The van der Waals surface area contributed by atoms with Crippen LogP contribution in [0, 0.1) is 5.41 Å². The molecular weight excluding hydrogens is 279 g/mol. The molecule has 84 valence electrons. The highest BCUT2D eigenvalue weighted by atomic mass is 79.9. The van der Waals surface area contributed by atoms with Crippen LogP contribution in [0.4, 0.5) is 0 Å². The molecule has 0 aliphatic rings. The number of hydrogen-bond donors (Lipinski definition) is 2. The number of benzene rings is 1. The first-order valence-corrected chi connectivity index (χ1v) is 5.96. The van der Waals surface area contributed by atoms with Gasteiger partial charge in [0.25, 0.3) is 0 Å². The summed E-state index contributed by atoms with van der Waals surface area (Å²) in [4.78, 5) is 0. The Morgan fingerprint density at radius 1 is 1.40 bits per heavy atom. The SMILES string of the molecule is C[C@](CO)(CCl)[C@@H](O)c1ccc(Br)cc1. The van der Waals surface area contributed by atoms with Crippen molar-refractivity contribution >= 4 is 27.5 Å². The highest BCUT2D eigenvalue weighted by molar-refractivity contribution is 9.10. The lowest BCUT2D eigenvalue weighted by Gasteiger charge is -2.30. The van der Waals surface area contributed by atoms with Crippen LogP contribution in [0.3, 0.4) is 0 Å². The van der Waals surface area contributed by atoms with Crippen LogP contribution in [0.25, 0.3) is 0 Å². The van der Waals surface area contributed by atoms with E-state index in [1.807, 2.05) is 24.3 Å². The van der Waals surface area contributed by atoms with E-state index in [0.29, 0.717) is 0 Å². The van der Waals surface area contributed by atoms with Crippen LogP contribution in [-0.4, -0.2) is 22.7 Å². The minimum absolute atomic E-state index is 0.145. The molecule has 0 saturated heterocycles. The average molecular weight is 294 g/mol. The molecule has 0 amide bonds. The number of aliphatic hydroxyl groups is 2. The van der Waals surface area contributed by atoms with Gasteiger partial charge in [-0.3, -0.25) is 0 Å².